The maximum Gasteiger partial charge on any atom is 0.131 e. The first-order valence-corrected chi connectivity index (χ1v) is 6.38. The zero-order valence-electron chi connectivity index (χ0n) is 11.7. The Morgan fingerprint density at radius 1 is 1.22 bits per heavy atom. The van der Waals surface area contributed by atoms with Crippen molar-refractivity contribution in [3.8, 4) is 0 Å². The van der Waals surface area contributed by atoms with Crippen molar-refractivity contribution in [2.75, 3.05) is 23.7 Å². The summed E-state index contributed by atoms with van der Waals surface area (Å²) < 4.78 is 0. The number of nitrogens with zero attached hydrogens (tertiary/aromatic N) is 2. The predicted molar refractivity (Wildman–Crippen MR) is 74.8 cm³/mol. The van der Waals surface area contributed by atoms with Crippen molar-refractivity contribution in [3.05, 3.63) is 12.4 Å². The van der Waals surface area contributed by atoms with Crippen molar-refractivity contribution < 1.29 is 5.11 Å². The summed E-state index contributed by atoms with van der Waals surface area (Å²) in [6, 6.07) is 1.84. The van der Waals surface area contributed by atoms with Crippen LogP contribution in [0.1, 0.15) is 34.1 Å². The van der Waals surface area contributed by atoms with Gasteiger partial charge in [-0.2, -0.15) is 0 Å². The molecule has 102 valence electrons. The van der Waals surface area contributed by atoms with Crippen LogP contribution in [0.5, 0.6) is 0 Å². The van der Waals surface area contributed by atoms with Gasteiger partial charge >= 0.3 is 0 Å². The standard InChI is InChI=1S/C13H24N4O/c1-5-14-11-6-12(17-9-16-11)15-8-10(18)7-13(2,3)4/h6,9-10,18H,5,7-8H2,1-4H3,(H2,14,15,16,17). The van der Waals surface area contributed by atoms with Crippen LogP contribution in [0.15, 0.2) is 12.4 Å². The molecule has 1 rings (SSSR count). The molecule has 0 saturated heterocycles. The van der Waals surface area contributed by atoms with E-state index in [2.05, 4.69) is 41.4 Å². The molecule has 0 aromatic carbocycles. The van der Waals surface area contributed by atoms with Crippen LogP contribution < -0.4 is 10.6 Å². The fraction of sp³-hybridized carbons (Fsp3) is 0.692. The van der Waals surface area contributed by atoms with Crippen LogP contribution in [-0.4, -0.2) is 34.3 Å². The molecular formula is C13H24N4O. The van der Waals surface area contributed by atoms with Gasteiger partial charge in [0.05, 0.1) is 6.10 Å². The second kappa shape index (κ2) is 6.54. The first-order valence-electron chi connectivity index (χ1n) is 6.38. The molecule has 0 fully saturated rings. The molecule has 5 nitrogen and oxygen atoms in total. The van der Waals surface area contributed by atoms with Crippen LogP contribution in [0, 0.1) is 5.41 Å². The Morgan fingerprint density at radius 2 is 1.83 bits per heavy atom. The number of nitrogens with one attached hydrogen (secondary N) is 2. The lowest BCUT2D eigenvalue weighted by atomic mass is 9.89. The molecule has 0 spiro atoms. The van der Waals surface area contributed by atoms with Crippen LogP contribution in [0.4, 0.5) is 11.6 Å². The maximum atomic E-state index is 9.90. The SMILES string of the molecule is CCNc1cc(NCC(O)CC(C)(C)C)ncn1. The highest BCUT2D eigenvalue weighted by Crippen LogP contribution is 2.20. The largest absolute Gasteiger partial charge is 0.391 e. The summed E-state index contributed by atoms with van der Waals surface area (Å²) in [4.78, 5) is 8.21. The molecule has 1 heterocycles. The maximum absolute atomic E-state index is 9.90. The molecule has 1 atom stereocenters. The Hall–Kier alpha value is -1.36. The molecule has 0 saturated carbocycles. The predicted octanol–water partition coefficient (Wildman–Crippen LogP) is 2.12. The van der Waals surface area contributed by atoms with Crippen molar-refractivity contribution in [2.45, 2.75) is 40.2 Å². The topological polar surface area (TPSA) is 70.1 Å². The minimum atomic E-state index is -0.373. The van der Waals surface area contributed by atoms with Crippen LogP contribution >= 0.6 is 0 Å². The molecule has 1 unspecified atom stereocenters. The van der Waals surface area contributed by atoms with Gasteiger partial charge in [-0.05, 0) is 18.8 Å². The molecular weight excluding hydrogens is 228 g/mol. The summed E-state index contributed by atoms with van der Waals surface area (Å²) in [5, 5.41) is 16.1. The number of hydrogen-bond acceptors (Lipinski definition) is 5. The Balaban J connectivity index is 2.45. The van der Waals surface area contributed by atoms with E-state index in [1.165, 1.54) is 6.33 Å². The fourth-order valence-corrected chi connectivity index (χ4v) is 1.73. The number of anilines is 2. The zero-order valence-corrected chi connectivity index (χ0v) is 11.7. The third kappa shape index (κ3) is 5.82. The average Bonchev–Trinajstić information content (AvgIpc) is 2.25. The molecule has 0 amide bonds. The molecule has 1 aromatic heterocycles. The van der Waals surface area contributed by atoms with Gasteiger partial charge in [-0.15, -0.1) is 0 Å². The highest BCUT2D eigenvalue weighted by molar-refractivity contribution is 5.46. The highest BCUT2D eigenvalue weighted by Gasteiger charge is 2.16. The number of hydrogen-bond donors (Lipinski definition) is 3. The summed E-state index contributed by atoms with van der Waals surface area (Å²) in [7, 11) is 0. The number of rotatable bonds is 6. The van der Waals surface area contributed by atoms with E-state index < -0.39 is 0 Å². The Morgan fingerprint density at radius 3 is 2.39 bits per heavy atom. The summed E-state index contributed by atoms with van der Waals surface area (Å²) >= 11 is 0. The molecule has 18 heavy (non-hydrogen) atoms. The van der Waals surface area contributed by atoms with Crippen molar-refractivity contribution in [3.63, 3.8) is 0 Å². The fourth-order valence-electron chi connectivity index (χ4n) is 1.73. The quantitative estimate of drug-likeness (QED) is 0.723. The molecule has 0 aliphatic heterocycles. The van der Waals surface area contributed by atoms with E-state index in [0.29, 0.717) is 6.54 Å². The van der Waals surface area contributed by atoms with Gasteiger partial charge in [0.25, 0.3) is 0 Å². The third-order valence-electron chi connectivity index (χ3n) is 2.39. The molecule has 0 aliphatic rings. The monoisotopic (exact) mass is 252 g/mol. The Labute approximate surface area is 109 Å². The number of aromatic nitrogens is 2. The van der Waals surface area contributed by atoms with Crippen LogP contribution in [0.25, 0.3) is 0 Å². The van der Waals surface area contributed by atoms with Crippen LogP contribution in [-0.2, 0) is 0 Å². The first-order chi connectivity index (χ1) is 8.40. The lowest BCUT2D eigenvalue weighted by molar-refractivity contribution is 0.132. The zero-order chi connectivity index (χ0) is 13.6. The smallest absolute Gasteiger partial charge is 0.131 e. The van der Waals surface area contributed by atoms with Gasteiger partial charge in [-0.1, -0.05) is 20.8 Å². The van der Waals surface area contributed by atoms with Crippen molar-refractivity contribution >= 4 is 11.6 Å². The minimum Gasteiger partial charge on any atom is -0.391 e. The first kappa shape index (κ1) is 14.7. The van der Waals surface area contributed by atoms with Crippen LogP contribution in [0.3, 0.4) is 0 Å². The van der Waals surface area contributed by atoms with Gasteiger partial charge in [-0.3, -0.25) is 0 Å². The van der Waals surface area contributed by atoms with E-state index in [4.69, 9.17) is 0 Å². The normalized spacial score (nSPS) is 13.2. The number of aliphatic hydroxyl groups is 1. The van der Waals surface area contributed by atoms with Crippen LogP contribution in [0.2, 0.25) is 0 Å². The van der Waals surface area contributed by atoms with E-state index in [9.17, 15) is 5.11 Å². The second-order valence-electron chi connectivity index (χ2n) is 5.62. The third-order valence-corrected chi connectivity index (χ3v) is 2.39. The number of aliphatic hydroxyl groups excluding tert-OH is 1. The van der Waals surface area contributed by atoms with E-state index in [-0.39, 0.29) is 11.5 Å². The molecule has 0 bridgehead atoms. The van der Waals surface area contributed by atoms with E-state index in [0.717, 1.165) is 24.6 Å². The van der Waals surface area contributed by atoms with Gasteiger partial charge in [0, 0.05) is 19.2 Å². The van der Waals surface area contributed by atoms with E-state index in [1.54, 1.807) is 0 Å². The molecule has 0 radical (unpaired) electrons. The highest BCUT2D eigenvalue weighted by atomic mass is 16.3. The van der Waals surface area contributed by atoms with Gasteiger partial charge in [-0.25, -0.2) is 9.97 Å². The molecule has 0 aliphatic carbocycles. The van der Waals surface area contributed by atoms with Gasteiger partial charge in [0.2, 0.25) is 0 Å². The van der Waals surface area contributed by atoms with Crippen molar-refractivity contribution in [2.24, 2.45) is 5.41 Å². The summed E-state index contributed by atoms with van der Waals surface area (Å²) in [5.41, 5.74) is 0.127. The van der Waals surface area contributed by atoms with Gasteiger partial charge < -0.3 is 15.7 Å². The van der Waals surface area contributed by atoms with E-state index >= 15 is 0 Å². The molecule has 1 aromatic rings. The van der Waals surface area contributed by atoms with Gasteiger partial charge in [0.15, 0.2) is 0 Å². The summed E-state index contributed by atoms with van der Waals surface area (Å²) in [6.07, 6.45) is 1.89. The van der Waals surface area contributed by atoms with E-state index in [1.807, 2.05) is 13.0 Å². The summed E-state index contributed by atoms with van der Waals surface area (Å²) in [5.74, 6) is 1.52. The van der Waals surface area contributed by atoms with Crippen molar-refractivity contribution in [1.82, 2.24) is 9.97 Å². The second-order valence-corrected chi connectivity index (χ2v) is 5.62. The molecule has 3 N–H and O–H groups in total. The van der Waals surface area contributed by atoms with Gasteiger partial charge in [0.1, 0.15) is 18.0 Å². The Bertz CT molecular complexity index is 362. The minimum absolute atomic E-state index is 0.127. The average molecular weight is 252 g/mol. The lowest BCUT2D eigenvalue weighted by Gasteiger charge is -2.22. The van der Waals surface area contributed by atoms with Crippen molar-refractivity contribution in [1.29, 1.82) is 0 Å². The summed E-state index contributed by atoms with van der Waals surface area (Å²) in [6.45, 7) is 9.68. The lowest BCUT2D eigenvalue weighted by Crippen LogP contribution is -2.25. The Kier molecular flexibility index (Phi) is 5.34. The molecule has 5 heteroatoms.